The zero-order valence-corrected chi connectivity index (χ0v) is 19.7. The van der Waals surface area contributed by atoms with Gasteiger partial charge in [0.25, 0.3) is 0 Å². The third kappa shape index (κ3) is 4.32. The Morgan fingerprint density at radius 2 is 1.44 bits per heavy atom. The molecule has 0 bridgehead atoms. The molecule has 0 saturated carbocycles. The molecule has 172 valence electrons. The molecule has 0 saturated heterocycles. The molecule has 4 aromatic carbocycles. The average molecular weight is 465 g/mol. The first-order valence-corrected chi connectivity index (χ1v) is 12.0. The summed E-state index contributed by atoms with van der Waals surface area (Å²) < 4.78 is 0. The molecule has 0 atom stereocenters. The molecule has 0 aliphatic heterocycles. The van der Waals surface area contributed by atoms with Crippen LogP contribution in [-0.4, -0.2) is 15.0 Å². The molecular weight excluding hydrogens is 440 g/mol. The fraction of sp³-hybridized carbons (Fsp3) is 0.0312. The van der Waals surface area contributed by atoms with E-state index in [0.29, 0.717) is 11.5 Å². The van der Waals surface area contributed by atoms with Crippen LogP contribution in [0.4, 0.5) is 5.69 Å². The Labute approximate surface area is 209 Å². The van der Waals surface area contributed by atoms with E-state index < -0.39 is 0 Å². The van der Waals surface area contributed by atoms with Crippen molar-refractivity contribution in [2.75, 3.05) is 5.73 Å². The van der Waals surface area contributed by atoms with Crippen molar-refractivity contribution in [3.05, 3.63) is 127 Å². The summed E-state index contributed by atoms with van der Waals surface area (Å²) in [4.78, 5) is 13.7. The Kier molecular flexibility index (Phi) is 5.68. The van der Waals surface area contributed by atoms with Crippen molar-refractivity contribution in [3.63, 3.8) is 0 Å². The van der Waals surface area contributed by atoms with Gasteiger partial charge in [0.2, 0.25) is 0 Å². The van der Waals surface area contributed by atoms with Gasteiger partial charge in [-0.25, -0.2) is 15.0 Å². The average Bonchev–Trinajstić information content (AvgIpc) is 2.95. The first kappa shape index (κ1) is 21.7. The number of nitrogens with two attached hydrogens (primary N) is 1. The molecule has 36 heavy (non-hydrogen) atoms. The summed E-state index contributed by atoms with van der Waals surface area (Å²) in [7, 11) is 0. The molecule has 4 nitrogen and oxygen atoms in total. The van der Waals surface area contributed by atoms with E-state index in [1.807, 2.05) is 30.3 Å². The molecule has 0 radical (unpaired) electrons. The minimum absolute atomic E-state index is 0.687. The predicted octanol–water partition coefficient (Wildman–Crippen LogP) is 7.35. The standard InChI is InChI=1S/C32H24N4/c33-30-24(9-3-6-22-12-13-23-7-1-2-8-26(23)20-22)14-15-25-16-17-29(36-31(25)30)27-10-4-11-28(21-27)32-34-18-5-19-35-32/h1-5,7-21H,6,33H2/b9-3-. The molecule has 0 unspecified atom stereocenters. The molecular formula is C32H24N4. The Balaban J connectivity index is 1.29. The summed E-state index contributed by atoms with van der Waals surface area (Å²) in [6.07, 6.45) is 8.59. The summed E-state index contributed by atoms with van der Waals surface area (Å²) in [5.74, 6) is 0.693. The van der Waals surface area contributed by atoms with Gasteiger partial charge in [0.05, 0.1) is 16.9 Å². The third-order valence-corrected chi connectivity index (χ3v) is 6.38. The fourth-order valence-electron chi connectivity index (χ4n) is 4.49. The highest BCUT2D eigenvalue weighted by Gasteiger charge is 2.09. The van der Waals surface area contributed by atoms with Gasteiger partial charge in [0.15, 0.2) is 5.82 Å². The van der Waals surface area contributed by atoms with Gasteiger partial charge in [-0.1, -0.05) is 91.0 Å². The second kappa shape index (κ2) is 9.43. The largest absolute Gasteiger partial charge is 0.396 e. The quantitative estimate of drug-likeness (QED) is 0.271. The molecule has 0 fully saturated rings. The highest BCUT2D eigenvalue weighted by molar-refractivity contribution is 5.95. The smallest absolute Gasteiger partial charge is 0.159 e. The van der Waals surface area contributed by atoms with E-state index in [0.717, 1.165) is 39.7 Å². The van der Waals surface area contributed by atoms with E-state index in [1.54, 1.807) is 12.4 Å². The number of anilines is 1. The SMILES string of the molecule is Nc1c(/C=C\Cc2ccc3ccccc3c2)ccc2ccc(-c3cccc(-c4ncccn4)c3)nc12. The first-order chi connectivity index (χ1) is 17.7. The van der Waals surface area contributed by atoms with Crippen LogP contribution >= 0.6 is 0 Å². The van der Waals surface area contributed by atoms with Crippen molar-refractivity contribution in [2.24, 2.45) is 0 Å². The number of hydrogen-bond acceptors (Lipinski definition) is 4. The number of rotatable bonds is 5. The number of fused-ring (bicyclic) bond motifs is 2. The molecule has 0 spiro atoms. The summed E-state index contributed by atoms with van der Waals surface area (Å²) in [6.45, 7) is 0. The zero-order valence-electron chi connectivity index (χ0n) is 19.7. The Hall–Kier alpha value is -4.83. The normalized spacial score (nSPS) is 11.4. The van der Waals surface area contributed by atoms with Gasteiger partial charge in [0.1, 0.15) is 0 Å². The fourth-order valence-corrected chi connectivity index (χ4v) is 4.49. The molecule has 0 aliphatic rings. The van der Waals surface area contributed by atoms with Gasteiger partial charge in [-0.15, -0.1) is 0 Å². The Morgan fingerprint density at radius 3 is 2.33 bits per heavy atom. The lowest BCUT2D eigenvalue weighted by Gasteiger charge is -2.09. The highest BCUT2D eigenvalue weighted by atomic mass is 14.8. The molecule has 4 heteroatoms. The van der Waals surface area contributed by atoms with E-state index in [4.69, 9.17) is 10.7 Å². The maximum atomic E-state index is 6.61. The van der Waals surface area contributed by atoms with Crippen LogP contribution in [0.5, 0.6) is 0 Å². The van der Waals surface area contributed by atoms with Gasteiger partial charge < -0.3 is 5.73 Å². The van der Waals surface area contributed by atoms with Gasteiger partial charge in [-0.3, -0.25) is 0 Å². The minimum atomic E-state index is 0.687. The number of hydrogen-bond donors (Lipinski definition) is 1. The Morgan fingerprint density at radius 1 is 0.667 bits per heavy atom. The van der Waals surface area contributed by atoms with Crippen molar-refractivity contribution < 1.29 is 0 Å². The number of aromatic nitrogens is 3. The van der Waals surface area contributed by atoms with E-state index in [-0.39, 0.29) is 0 Å². The number of nitrogens with zero attached hydrogens (tertiary/aromatic N) is 3. The molecule has 6 rings (SSSR count). The molecule has 0 amide bonds. The predicted molar refractivity (Wildman–Crippen MR) is 149 cm³/mol. The summed E-state index contributed by atoms with van der Waals surface area (Å²) >= 11 is 0. The van der Waals surface area contributed by atoms with Crippen LogP contribution in [0.1, 0.15) is 11.1 Å². The van der Waals surface area contributed by atoms with Crippen molar-refractivity contribution >= 4 is 33.4 Å². The lowest BCUT2D eigenvalue weighted by molar-refractivity contribution is 1.18. The molecule has 6 aromatic rings. The Bertz CT molecular complexity index is 1720. The number of nitrogen functional groups attached to an aromatic ring is 1. The van der Waals surface area contributed by atoms with Crippen LogP contribution in [0.3, 0.4) is 0 Å². The maximum Gasteiger partial charge on any atom is 0.159 e. The van der Waals surface area contributed by atoms with Crippen molar-refractivity contribution in [3.8, 4) is 22.6 Å². The summed E-state index contributed by atoms with van der Waals surface area (Å²) in [5, 5.41) is 3.53. The number of benzene rings is 4. The van der Waals surface area contributed by atoms with Gasteiger partial charge in [-0.05, 0) is 46.5 Å². The highest BCUT2D eigenvalue weighted by Crippen LogP contribution is 2.29. The lowest BCUT2D eigenvalue weighted by atomic mass is 10.0. The van der Waals surface area contributed by atoms with Crippen molar-refractivity contribution in [1.82, 2.24) is 15.0 Å². The minimum Gasteiger partial charge on any atom is -0.396 e. The first-order valence-electron chi connectivity index (χ1n) is 12.0. The van der Waals surface area contributed by atoms with Crippen LogP contribution in [0.2, 0.25) is 0 Å². The van der Waals surface area contributed by atoms with Crippen LogP contribution in [0.15, 0.2) is 116 Å². The molecule has 2 aromatic heterocycles. The summed E-state index contributed by atoms with van der Waals surface area (Å²) in [6, 6.07) is 33.2. The second-order valence-electron chi connectivity index (χ2n) is 8.78. The van der Waals surface area contributed by atoms with Gasteiger partial charge in [-0.2, -0.15) is 0 Å². The number of allylic oxidation sites excluding steroid dienone is 1. The second-order valence-corrected chi connectivity index (χ2v) is 8.78. The maximum absolute atomic E-state index is 6.61. The van der Waals surface area contributed by atoms with Gasteiger partial charge >= 0.3 is 0 Å². The van der Waals surface area contributed by atoms with Crippen molar-refractivity contribution in [2.45, 2.75) is 6.42 Å². The van der Waals surface area contributed by atoms with Crippen LogP contribution in [0.25, 0.3) is 50.4 Å². The zero-order chi connectivity index (χ0) is 24.3. The van der Waals surface area contributed by atoms with E-state index >= 15 is 0 Å². The topological polar surface area (TPSA) is 64.7 Å². The summed E-state index contributed by atoms with van der Waals surface area (Å²) in [5.41, 5.74) is 13.2. The van der Waals surface area contributed by atoms with E-state index in [2.05, 4.69) is 88.9 Å². The number of pyridine rings is 1. The third-order valence-electron chi connectivity index (χ3n) is 6.38. The van der Waals surface area contributed by atoms with Crippen LogP contribution in [-0.2, 0) is 6.42 Å². The van der Waals surface area contributed by atoms with Crippen molar-refractivity contribution in [1.29, 1.82) is 0 Å². The monoisotopic (exact) mass is 464 g/mol. The van der Waals surface area contributed by atoms with Crippen LogP contribution < -0.4 is 5.73 Å². The van der Waals surface area contributed by atoms with E-state index in [1.165, 1.54) is 16.3 Å². The lowest BCUT2D eigenvalue weighted by Crippen LogP contribution is -1.95. The molecule has 2 heterocycles. The molecule has 2 N–H and O–H groups in total. The van der Waals surface area contributed by atoms with Gasteiger partial charge in [0, 0.05) is 28.9 Å². The molecule has 0 aliphatic carbocycles. The van der Waals surface area contributed by atoms with E-state index in [9.17, 15) is 0 Å². The van der Waals surface area contributed by atoms with Crippen LogP contribution in [0, 0.1) is 0 Å².